The lowest BCUT2D eigenvalue weighted by atomic mass is 9.89. The van der Waals surface area contributed by atoms with Gasteiger partial charge in [0.15, 0.2) is 0 Å². The smallest absolute Gasteiger partial charge is 0.240 e. The molecule has 0 heterocycles. The molecule has 0 amide bonds. The summed E-state index contributed by atoms with van der Waals surface area (Å²) in [5, 5.41) is 0. The van der Waals surface area contributed by atoms with Crippen LogP contribution in [0.15, 0.2) is 29.2 Å². The van der Waals surface area contributed by atoms with Crippen LogP contribution in [0.2, 0.25) is 0 Å². The van der Waals surface area contributed by atoms with Crippen LogP contribution in [0.4, 0.5) is 0 Å². The second kappa shape index (κ2) is 6.87. The van der Waals surface area contributed by atoms with E-state index in [4.69, 9.17) is 5.73 Å². The van der Waals surface area contributed by atoms with Gasteiger partial charge in [-0.2, -0.15) is 0 Å². The van der Waals surface area contributed by atoms with Gasteiger partial charge < -0.3 is 10.6 Å². The average molecular weight is 320 g/mol. The van der Waals surface area contributed by atoms with Crippen molar-refractivity contribution in [3.8, 4) is 0 Å². The largest absolute Gasteiger partial charge is 0.328 e. The van der Waals surface area contributed by atoms with Gasteiger partial charge in [-0.05, 0) is 44.6 Å². The first kappa shape index (κ1) is 17.4. The average Bonchev–Trinajstić information content (AvgIpc) is 2.26. The van der Waals surface area contributed by atoms with E-state index in [1.54, 1.807) is 12.1 Å². The van der Waals surface area contributed by atoms with Crippen molar-refractivity contribution in [3.63, 3.8) is 0 Å². The molecule has 0 atom stereocenters. The molecule has 1 aliphatic carbocycles. The van der Waals surface area contributed by atoms with Crippen LogP contribution >= 0.6 is 12.4 Å². The fourth-order valence-electron chi connectivity index (χ4n) is 2.18. The van der Waals surface area contributed by atoms with Gasteiger partial charge in [0.2, 0.25) is 10.0 Å². The lowest BCUT2D eigenvalue weighted by Gasteiger charge is -2.32. The fourth-order valence-corrected chi connectivity index (χ4v) is 3.45. The monoisotopic (exact) mass is 319 g/mol. The van der Waals surface area contributed by atoms with Crippen LogP contribution in [0.3, 0.4) is 0 Å². The standard InChI is InChI=1S/C13H21N3O2S.ClH/c1-16(2)9-10-3-5-13(6-4-10)19(17,18)15-12-7-11(14)8-12;/h3-6,11-12,15H,7-9,14H2,1-2H3;1H. The predicted octanol–water partition coefficient (Wildman–Crippen LogP) is 0.938. The molecule has 1 fully saturated rings. The van der Waals surface area contributed by atoms with Crippen LogP contribution in [0, 0.1) is 0 Å². The van der Waals surface area contributed by atoms with Crippen LogP contribution in [0.25, 0.3) is 0 Å². The summed E-state index contributed by atoms with van der Waals surface area (Å²) in [5.41, 5.74) is 6.75. The van der Waals surface area contributed by atoms with Crippen LogP contribution in [0.1, 0.15) is 18.4 Å². The number of halogens is 1. The van der Waals surface area contributed by atoms with Gasteiger partial charge in [0.05, 0.1) is 4.90 Å². The first-order valence-corrected chi connectivity index (χ1v) is 7.87. The van der Waals surface area contributed by atoms with Crippen molar-refractivity contribution in [2.45, 2.75) is 36.4 Å². The molecular formula is C13H22ClN3O2S. The first-order valence-electron chi connectivity index (χ1n) is 6.38. The molecule has 114 valence electrons. The fraction of sp³-hybridized carbons (Fsp3) is 0.538. The van der Waals surface area contributed by atoms with E-state index in [2.05, 4.69) is 4.72 Å². The van der Waals surface area contributed by atoms with E-state index in [1.807, 2.05) is 31.1 Å². The van der Waals surface area contributed by atoms with Gasteiger partial charge in [-0.15, -0.1) is 12.4 Å². The molecule has 0 radical (unpaired) electrons. The summed E-state index contributed by atoms with van der Waals surface area (Å²) in [6, 6.07) is 7.12. The maximum Gasteiger partial charge on any atom is 0.240 e. The van der Waals surface area contributed by atoms with Gasteiger partial charge in [0, 0.05) is 18.6 Å². The highest BCUT2D eigenvalue weighted by Gasteiger charge is 2.30. The summed E-state index contributed by atoms with van der Waals surface area (Å²) >= 11 is 0. The van der Waals surface area contributed by atoms with Gasteiger partial charge in [-0.1, -0.05) is 12.1 Å². The van der Waals surface area contributed by atoms with Gasteiger partial charge >= 0.3 is 0 Å². The number of nitrogens with two attached hydrogens (primary N) is 1. The summed E-state index contributed by atoms with van der Waals surface area (Å²) in [7, 11) is 0.548. The van der Waals surface area contributed by atoms with E-state index in [9.17, 15) is 8.42 Å². The maximum absolute atomic E-state index is 12.1. The number of rotatable bonds is 5. The van der Waals surface area contributed by atoms with E-state index in [0.717, 1.165) is 24.9 Å². The van der Waals surface area contributed by atoms with Crippen LogP contribution in [-0.2, 0) is 16.6 Å². The predicted molar refractivity (Wildman–Crippen MR) is 82.4 cm³/mol. The summed E-state index contributed by atoms with van der Waals surface area (Å²) in [6.45, 7) is 0.797. The van der Waals surface area contributed by atoms with Crippen molar-refractivity contribution in [1.82, 2.24) is 9.62 Å². The summed E-state index contributed by atoms with van der Waals surface area (Å²) < 4.78 is 26.9. The third-order valence-electron chi connectivity index (χ3n) is 3.23. The molecule has 7 heteroatoms. The molecule has 0 aromatic heterocycles. The van der Waals surface area contributed by atoms with Gasteiger partial charge in [0.25, 0.3) is 0 Å². The Morgan fingerprint density at radius 3 is 2.25 bits per heavy atom. The highest BCUT2D eigenvalue weighted by Crippen LogP contribution is 2.20. The van der Waals surface area contributed by atoms with E-state index in [0.29, 0.717) is 4.90 Å². The van der Waals surface area contributed by atoms with Crippen molar-refractivity contribution in [2.75, 3.05) is 14.1 Å². The number of benzene rings is 1. The Labute approximate surface area is 127 Å². The van der Waals surface area contributed by atoms with E-state index in [-0.39, 0.29) is 24.5 Å². The number of nitrogens with one attached hydrogen (secondary N) is 1. The highest BCUT2D eigenvalue weighted by molar-refractivity contribution is 7.89. The van der Waals surface area contributed by atoms with Gasteiger partial charge in [-0.3, -0.25) is 0 Å². The number of sulfonamides is 1. The zero-order chi connectivity index (χ0) is 14.0. The zero-order valence-electron chi connectivity index (χ0n) is 11.7. The molecule has 0 aliphatic heterocycles. The van der Waals surface area contributed by atoms with E-state index in [1.165, 1.54) is 0 Å². The third-order valence-corrected chi connectivity index (χ3v) is 4.77. The molecule has 0 bridgehead atoms. The Hall–Kier alpha value is -0.660. The Bertz CT molecular complexity index is 525. The van der Waals surface area contributed by atoms with Crippen molar-refractivity contribution >= 4 is 22.4 Å². The molecule has 5 nitrogen and oxygen atoms in total. The van der Waals surface area contributed by atoms with Crippen molar-refractivity contribution < 1.29 is 8.42 Å². The number of hydrogen-bond acceptors (Lipinski definition) is 4. The minimum absolute atomic E-state index is 0. The Balaban J connectivity index is 0.00000200. The van der Waals surface area contributed by atoms with Crippen LogP contribution in [-0.4, -0.2) is 39.5 Å². The number of nitrogens with zero attached hydrogens (tertiary/aromatic N) is 1. The molecule has 1 aromatic carbocycles. The van der Waals surface area contributed by atoms with Crippen molar-refractivity contribution in [3.05, 3.63) is 29.8 Å². The topological polar surface area (TPSA) is 75.4 Å². The van der Waals surface area contributed by atoms with E-state index >= 15 is 0 Å². The molecule has 20 heavy (non-hydrogen) atoms. The Morgan fingerprint density at radius 2 is 1.80 bits per heavy atom. The molecule has 3 N–H and O–H groups in total. The van der Waals surface area contributed by atoms with Gasteiger partial charge in [-0.25, -0.2) is 13.1 Å². The number of hydrogen-bond donors (Lipinski definition) is 2. The summed E-state index contributed by atoms with van der Waals surface area (Å²) in [4.78, 5) is 2.35. The lowest BCUT2D eigenvalue weighted by Crippen LogP contribution is -2.50. The lowest BCUT2D eigenvalue weighted by molar-refractivity contribution is 0.327. The zero-order valence-corrected chi connectivity index (χ0v) is 13.4. The highest BCUT2D eigenvalue weighted by atomic mass is 35.5. The Morgan fingerprint density at radius 1 is 1.25 bits per heavy atom. The maximum atomic E-state index is 12.1. The summed E-state index contributed by atoms with van der Waals surface area (Å²) in [5.74, 6) is 0. The quantitative estimate of drug-likeness (QED) is 0.847. The third kappa shape index (κ3) is 4.43. The minimum atomic E-state index is -3.41. The molecular weight excluding hydrogens is 298 g/mol. The molecule has 1 aliphatic rings. The summed E-state index contributed by atoms with van der Waals surface area (Å²) in [6.07, 6.45) is 1.44. The molecule has 1 aromatic rings. The second-order valence-electron chi connectivity index (χ2n) is 5.43. The SMILES string of the molecule is CN(C)Cc1ccc(S(=O)(=O)NC2CC(N)C2)cc1.Cl. The van der Waals surface area contributed by atoms with Crippen LogP contribution < -0.4 is 10.5 Å². The van der Waals surface area contributed by atoms with E-state index < -0.39 is 10.0 Å². The van der Waals surface area contributed by atoms with Gasteiger partial charge in [0.1, 0.15) is 0 Å². The van der Waals surface area contributed by atoms with Crippen molar-refractivity contribution in [1.29, 1.82) is 0 Å². The van der Waals surface area contributed by atoms with Crippen LogP contribution in [0.5, 0.6) is 0 Å². The molecule has 0 unspecified atom stereocenters. The molecule has 1 saturated carbocycles. The first-order chi connectivity index (χ1) is 8.87. The van der Waals surface area contributed by atoms with Crippen molar-refractivity contribution in [2.24, 2.45) is 5.73 Å². The minimum Gasteiger partial charge on any atom is -0.328 e. The normalized spacial score (nSPS) is 22.2. The molecule has 2 rings (SSSR count). The Kier molecular flexibility index (Phi) is 5.97. The second-order valence-corrected chi connectivity index (χ2v) is 7.15. The molecule has 0 spiro atoms. The molecule has 0 saturated heterocycles.